The van der Waals surface area contributed by atoms with Crippen LogP contribution in [0.4, 0.5) is 14.6 Å². The molecule has 3 aromatic rings. The zero-order valence-electron chi connectivity index (χ0n) is 19.7. The number of ether oxygens (including phenoxy) is 1. The fourth-order valence-electron chi connectivity index (χ4n) is 4.84. The molecule has 0 aliphatic heterocycles. The van der Waals surface area contributed by atoms with E-state index in [0.717, 1.165) is 30.2 Å². The summed E-state index contributed by atoms with van der Waals surface area (Å²) in [5, 5.41) is 30.2. The lowest BCUT2D eigenvalue weighted by molar-refractivity contribution is -0.0409. The molecule has 12 heteroatoms. The average molecular weight is 507 g/mol. The summed E-state index contributed by atoms with van der Waals surface area (Å²) in [5.41, 5.74) is 1.69. The number of nitrogens with zero attached hydrogens (tertiary/aromatic N) is 6. The summed E-state index contributed by atoms with van der Waals surface area (Å²) in [4.78, 5) is 11.4. The second-order valence-electron chi connectivity index (χ2n) is 9.14. The standard InChI is InChI=1S/C23H28F2N6O3S/c1-4-7-35-23-26-21(30(2)15-9-12(15)11-5-6-13(24)14(25)8-11)18-22(27-23)31(29-28-18)16-10-17(34-3)20(33)19(16)32/h5-6,8,12,15-17,19-20,32-33H,4,7,9-10H2,1-3H3/t12-,15+,16+,17-,19-,20+/m0/s1. The maximum absolute atomic E-state index is 13.8. The van der Waals surface area contributed by atoms with E-state index in [2.05, 4.69) is 22.2 Å². The first kappa shape index (κ1) is 24.3. The normalized spacial score (nSPS) is 28.1. The molecule has 2 heterocycles. The summed E-state index contributed by atoms with van der Waals surface area (Å²) in [7, 11) is 3.39. The molecule has 9 nitrogen and oxygen atoms in total. The smallest absolute Gasteiger partial charge is 0.191 e. The number of aliphatic hydroxyl groups excluding tert-OH is 2. The topological polar surface area (TPSA) is 109 Å². The number of hydrogen-bond acceptors (Lipinski definition) is 9. The van der Waals surface area contributed by atoms with E-state index >= 15 is 0 Å². The molecule has 0 spiro atoms. The number of likely N-dealkylation sites (N-methyl/N-ethyl adjacent to an activating group) is 1. The summed E-state index contributed by atoms with van der Waals surface area (Å²) in [5.74, 6) is -0.260. The molecular formula is C23H28F2N6O3S. The molecule has 0 amide bonds. The molecule has 6 atom stereocenters. The summed E-state index contributed by atoms with van der Waals surface area (Å²) in [6, 6.07) is 3.51. The van der Waals surface area contributed by atoms with Crippen LogP contribution < -0.4 is 4.90 Å². The molecule has 2 saturated carbocycles. The van der Waals surface area contributed by atoms with E-state index in [0.29, 0.717) is 28.6 Å². The molecule has 35 heavy (non-hydrogen) atoms. The number of methoxy groups -OCH3 is 1. The van der Waals surface area contributed by atoms with Crippen molar-refractivity contribution >= 4 is 28.7 Å². The lowest BCUT2D eigenvalue weighted by atomic mass is 10.1. The molecule has 1 aromatic carbocycles. The number of fused-ring (bicyclic) bond motifs is 1. The molecule has 2 aliphatic carbocycles. The molecule has 0 bridgehead atoms. The molecule has 2 N–H and O–H groups in total. The molecule has 0 unspecified atom stereocenters. The summed E-state index contributed by atoms with van der Waals surface area (Å²) in [6.07, 6.45) is -0.555. The Bertz CT molecular complexity index is 1230. The Morgan fingerprint density at radius 2 is 1.97 bits per heavy atom. The van der Waals surface area contributed by atoms with E-state index in [1.165, 1.54) is 24.9 Å². The third-order valence-electron chi connectivity index (χ3n) is 6.90. The second-order valence-corrected chi connectivity index (χ2v) is 10.2. The van der Waals surface area contributed by atoms with Crippen LogP contribution in [0.5, 0.6) is 0 Å². The van der Waals surface area contributed by atoms with Crippen molar-refractivity contribution in [1.29, 1.82) is 0 Å². The fraction of sp³-hybridized carbons (Fsp3) is 0.565. The van der Waals surface area contributed by atoms with E-state index in [4.69, 9.17) is 9.72 Å². The van der Waals surface area contributed by atoms with Crippen LogP contribution >= 0.6 is 11.8 Å². The molecule has 2 aromatic heterocycles. The predicted molar refractivity (Wildman–Crippen MR) is 127 cm³/mol. The first-order valence-corrected chi connectivity index (χ1v) is 12.6. The van der Waals surface area contributed by atoms with Crippen LogP contribution in [0.15, 0.2) is 23.4 Å². The van der Waals surface area contributed by atoms with Gasteiger partial charge in [0.25, 0.3) is 0 Å². The van der Waals surface area contributed by atoms with Crippen molar-refractivity contribution in [3.63, 3.8) is 0 Å². The molecule has 188 valence electrons. The third-order valence-corrected chi connectivity index (χ3v) is 7.95. The Kier molecular flexibility index (Phi) is 6.64. The van der Waals surface area contributed by atoms with Crippen LogP contribution in [0, 0.1) is 11.6 Å². The van der Waals surface area contributed by atoms with Gasteiger partial charge in [-0.25, -0.2) is 23.4 Å². The van der Waals surface area contributed by atoms with Gasteiger partial charge in [0.1, 0.15) is 12.2 Å². The molecule has 0 saturated heterocycles. The van der Waals surface area contributed by atoms with Crippen molar-refractivity contribution in [2.75, 3.05) is 24.8 Å². The highest BCUT2D eigenvalue weighted by Crippen LogP contribution is 2.46. The van der Waals surface area contributed by atoms with Crippen molar-refractivity contribution in [2.24, 2.45) is 0 Å². The number of rotatable bonds is 8. The van der Waals surface area contributed by atoms with Gasteiger partial charge in [-0.1, -0.05) is 30.0 Å². The maximum Gasteiger partial charge on any atom is 0.191 e. The lowest BCUT2D eigenvalue weighted by Gasteiger charge is -2.20. The number of aromatic nitrogens is 5. The van der Waals surface area contributed by atoms with Gasteiger partial charge in [0, 0.05) is 38.3 Å². The van der Waals surface area contributed by atoms with Gasteiger partial charge in [-0.15, -0.1) is 5.10 Å². The Labute approximate surface area is 205 Å². The highest BCUT2D eigenvalue weighted by molar-refractivity contribution is 7.99. The molecule has 2 fully saturated rings. The van der Waals surface area contributed by atoms with E-state index in [9.17, 15) is 19.0 Å². The SMILES string of the molecule is CCCSc1nc(N(C)[C@@H]2C[C@H]2c2ccc(F)c(F)c2)c2nnn([C@@H]3C[C@H](OC)[C@@H](O)[C@H]3O)c2n1. The minimum atomic E-state index is -1.08. The van der Waals surface area contributed by atoms with Crippen molar-refractivity contribution in [1.82, 2.24) is 25.0 Å². The van der Waals surface area contributed by atoms with Crippen molar-refractivity contribution in [3.8, 4) is 0 Å². The first-order valence-electron chi connectivity index (χ1n) is 11.7. The molecular weight excluding hydrogens is 478 g/mol. The van der Waals surface area contributed by atoms with Gasteiger partial charge in [0.2, 0.25) is 0 Å². The van der Waals surface area contributed by atoms with Crippen LogP contribution in [-0.4, -0.2) is 79.4 Å². The largest absolute Gasteiger partial charge is 0.388 e. The van der Waals surface area contributed by atoms with Gasteiger partial charge in [-0.05, 0) is 30.5 Å². The van der Waals surface area contributed by atoms with Crippen LogP contribution in [0.2, 0.25) is 0 Å². The van der Waals surface area contributed by atoms with Gasteiger partial charge < -0.3 is 19.8 Å². The highest BCUT2D eigenvalue weighted by atomic mass is 32.2. The third kappa shape index (κ3) is 4.37. The van der Waals surface area contributed by atoms with Gasteiger partial charge >= 0.3 is 0 Å². The van der Waals surface area contributed by atoms with Crippen molar-refractivity contribution in [3.05, 3.63) is 35.4 Å². The van der Waals surface area contributed by atoms with E-state index in [1.807, 2.05) is 11.9 Å². The average Bonchev–Trinajstić information content (AvgIpc) is 3.47. The van der Waals surface area contributed by atoms with Crippen molar-refractivity contribution < 1.29 is 23.7 Å². The number of benzene rings is 1. The molecule has 0 radical (unpaired) electrons. The zero-order valence-corrected chi connectivity index (χ0v) is 20.5. The quantitative estimate of drug-likeness (QED) is 0.352. The predicted octanol–water partition coefficient (Wildman–Crippen LogP) is 2.68. The van der Waals surface area contributed by atoms with Crippen LogP contribution in [-0.2, 0) is 4.74 Å². The Morgan fingerprint density at radius 1 is 1.17 bits per heavy atom. The summed E-state index contributed by atoms with van der Waals surface area (Å²) >= 11 is 1.52. The van der Waals surface area contributed by atoms with Gasteiger partial charge in [-0.2, -0.15) is 0 Å². The van der Waals surface area contributed by atoms with E-state index in [1.54, 1.807) is 10.7 Å². The Hall–Kier alpha value is -2.41. The van der Waals surface area contributed by atoms with E-state index in [-0.39, 0.29) is 12.0 Å². The van der Waals surface area contributed by atoms with Crippen molar-refractivity contribution in [2.45, 2.75) is 67.7 Å². The minimum Gasteiger partial charge on any atom is -0.388 e. The lowest BCUT2D eigenvalue weighted by Crippen LogP contribution is -2.32. The number of aliphatic hydroxyl groups is 2. The Balaban J connectivity index is 1.50. The van der Waals surface area contributed by atoms with Gasteiger partial charge in [0.05, 0.1) is 12.1 Å². The first-order chi connectivity index (χ1) is 16.8. The molecule has 2 aliphatic rings. The zero-order chi connectivity index (χ0) is 24.9. The number of anilines is 1. The Morgan fingerprint density at radius 3 is 2.66 bits per heavy atom. The van der Waals surface area contributed by atoms with Gasteiger partial charge in [-0.3, -0.25) is 0 Å². The highest BCUT2D eigenvalue weighted by Gasteiger charge is 2.45. The summed E-state index contributed by atoms with van der Waals surface area (Å²) in [6.45, 7) is 2.07. The second kappa shape index (κ2) is 9.57. The monoisotopic (exact) mass is 506 g/mol. The van der Waals surface area contributed by atoms with Crippen LogP contribution in [0.3, 0.4) is 0 Å². The van der Waals surface area contributed by atoms with Crippen LogP contribution in [0.25, 0.3) is 11.2 Å². The molecule has 5 rings (SSSR count). The number of thioether (sulfide) groups is 1. The number of halogens is 2. The fourth-order valence-corrected chi connectivity index (χ4v) is 5.52. The maximum atomic E-state index is 13.8. The number of hydrogen-bond donors (Lipinski definition) is 2. The summed E-state index contributed by atoms with van der Waals surface area (Å²) < 4.78 is 34.0. The van der Waals surface area contributed by atoms with Crippen LogP contribution in [0.1, 0.15) is 43.7 Å². The van der Waals surface area contributed by atoms with Gasteiger partial charge in [0.15, 0.2) is 33.8 Å². The minimum absolute atomic E-state index is 0.0314. The van der Waals surface area contributed by atoms with E-state index < -0.39 is 36.0 Å².